The molecule has 0 saturated carbocycles. The summed E-state index contributed by atoms with van der Waals surface area (Å²) < 4.78 is 11.3. The third kappa shape index (κ3) is 7.79. The molecule has 4 nitrogen and oxygen atoms in total. The van der Waals surface area contributed by atoms with E-state index in [2.05, 4.69) is 27.7 Å². The van der Waals surface area contributed by atoms with Gasteiger partial charge in [-0.25, -0.2) is 0 Å². The van der Waals surface area contributed by atoms with Gasteiger partial charge in [-0.05, 0) is 58.3 Å². The van der Waals surface area contributed by atoms with E-state index in [4.69, 9.17) is 9.47 Å². The van der Waals surface area contributed by atoms with Gasteiger partial charge in [0.15, 0.2) is 0 Å². The van der Waals surface area contributed by atoms with Crippen LogP contribution in [0.4, 0.5) is 0 Å². The van der Waals surface area contributed by atoms with Crippen molar-refractivity contribution in [3.05, 3.63) is 0 Å². The number of hydrogen-bond donors (Lipinski definition) is 0. The number of ether oxygens (including phenoxy) is 2. The van der Waals surface area contributed by atoms with Crippen LogP contribution in [0.3, 0.4) is 0 Å². The predicted molar refractivity (Wildman–Crippen MR) is 102 cm³/mol. The highest BCUT2D eigenvalue weighted by atomic mass is 16.6. The molecule has 0 aromatic carbocycles. The number of rotatable bonds is 8. The molecule has 0 saturated heterocycles. The summed E-state index contributed by atoms with van der Waals surface area (Å²) in [5, 5.41) is 0. The van der Waals surface area contributed by atoms with Crippen molar-refractivity contribution in [2.24, 2.45) is 29.1 Å². The average molecular weight is 357 g/mol. The summed E-state index contributed by atoms with van der Waals surface area (Å²) in [5.74, 6) is 0.0196. The molecule has 0 aromatic heterocycles. The van der Waals surface area contributed by atoms with Gasteiger partial charge in [-0.1, -0.05) is 41.5 Å². The Hall–Kier alpha value is -1.06. The topological polar surface area (TPSA) is 52.6 Å². The van der Waals surface area contributed by atoms with Crippen molar-refractivity contribution >= 4 is 11.9 Å². The average Bonchev–Trinajstić information content (AvgIpc) is 2.38. The molecule has 0 amide bonds. The molecule has 4 heteroatoms. The van der Waals surface area contributed by atoms with Gasteiger partial charge in [-0.15, -0.1) is 0 Å². The first-order chi connectivity index (χ1) is 11.1. The minimum atomic E-state index is -0.757. The van der Waals surface area contributed by atoms with Crippen LogP contribution in [-0.2, 0) is 19.1 Å². The van der Waals surface area contributed by atoms with E-state index in [0.29, 0.717) is 0 Å². The molecular weight excluding hydrogens is 316 g/mol. The van der Waals surface area contributed by atoms with Crippen LogP contribution >= 0.6 is 0 Å². The summed E-state index contributed by atoms with van der Waals surface area (Å²) in [7, 11) is 0. The number of esters is 2. The Morgan fingerprint density at radius 3 is 1.56 bits per heavy atom. The second kappa shape index (κ2) is 9.05. The maximum absolute atomic E-state index is 12.9. The smallest absolute Gasteiger partial charge is 0.312 e. The van der Waals surface area contributed by atoms with Crippen LogP contribution < -0.4 is 0 Å². The van der Waals surface area contributed by atoms with Gasteiger partial charge in [0.25, 0.3) is 0 Å². The van der Waals surface area contributed by atoms with Gasteiger partial charge in [-0.3, -0.25) is 9.59 Å². The lowest BCUT2D eigenvalue weighted by atomic mass is 9.71. The minimum absolute atomic E-state index is 0.124. The zero-order valence-electron chi connectivity index (χ0n) is 18.2. The van der Waals surface area contributed by atoms with Crippen molar-refractivity contribution in [3.8, 4) is 0 Å². The first-order valence-corrected chi connectivity index (χ1v) is 9.52. The molecule has 0 aromatic rings. The minimum Gasteiger partial charge on any atom is -0.461 e. The van der Waals surface area contributed by atoms with Crippen molar-refractivity contribution < 1.29 is 19.1 Å². The molecule has 0 aliphatic heterocycles. The van der Waals surface area contributed by atoms with Crippen LogP contribution in [0.15, 0.2) is 0 Å². The van der Waals surface area contributed by atoms with E-state index >= 15 is 0 Å². The SMILES string of the molecule is CC(C)C(OC(=O)C(C)(C)[C@@H](CC(=O)OC(C)(C)C)C(C)C)C(C)C. The predicted octanol–water partition coefficient (Wildman–Crippen LogP) is 5.24. The standard InChI is InChI=1S/C21H40O4/c1-13(2)16(12-17(22)25-20(7,8)9)21(10,11)19(23)24-18(14(3)4)15(5)6/h13-16,18H,12H2,1-11H3/t16-/m0/s1. The Bertz CT molecular complexity index is 433. The fraction of sp³-hybridized carbons (Fsp3) is 0.905. The van der Waals surface area contributed by atoms with E-state index in [0.717, 1.165) is 0 Å². The lowest BCUT2D eigenvalue weighted by Gasteiger charge is -2.37. The third-order valence-corrected chi connectivity index (χ3v) is 4.62. The highest BCUT2D eigenvalue weighted by Gasteiger charge is 2.43. The maximum Gasteiger partial charge on any atom is 0.312 e. The number of carbonyl (C=O) groups is 2. The fourth-order valence-electron chi connectivity index (χ4n) is 3.36. The Kier molecular flexibility index (Phi) is 8.66. The summed E-state index contributed by atoms with van der Waals surface area (Å²) >= 11 is 0. The fourth-order valence-corrected chi connectivity index (χ4v) is 3.36. The van der Waals surface area contributed by atoms with Gasteiger partial charge < -0.3 is 9.47 Å². The van der Waals surface area contributed by atoms with Crippen LogP contribution in [0.5, 0.6) is 0 Å². The normalized spacial score (nSPS) is 14.4. The van der Waals surface area contributed by atoms with Crippen LogP contribution in [0.2, 0.25) is 0 Å². The highest BCUT2D eigenvalue weighted by Crippen LogP contribution is 2.38. The molecule has 0 rings (SSSR count). The number of carbonyl (C=O) groups excluding carboxylic acids is 2. The van der Waals surface area contributed by atoms with Crippen LogP contribution in [-0.4, -0.2) is 23.6 Å². The van der Waals surface area contributed by atoms with Gasteiger partial charge in [0.1, 0.15) is 11.7 Å². The van der Waals surface area contributed by atoms with Gasteiger partial charge in [0, 0.05) is 6.42 Å². The molecule has 25 heavy (non-hydrogen) atoms. The van der Waals surface area contributed by atoms with Gasteiger partial charge in [0.05, 0.1) is 5.41 Å². The maximum atomic E-state index is 12.9. The van der Waals surface area contributed by atoms with Crippen molar-refractivity contribution in [2.75, 3.05) is 0 Å². The molecule has 0 bridgehead atoms. The Morgan fingerprint density at radius 1 is 0.800 bits per heavy atom. The van der Waals surface area contributed by atoms with Crippen molar-refractivity contribution in [2.45, 2.75) is 94.3 Å². The summed E-state index contributed by atoms with van der Waals surface area (Å²) in [6, 6.07) is 0. The van der Waals surface area contributed by atoms with Crippen molar-refractivity contribution in [1.29, 1.82) is 0 Å². The third-order valence-electron chi connectivity index (χ3n) is 4.62. The van der Waals surface area contributed by atoms with Crippen LogP contribution in [0.25, 0.3) is 0 Å². The first-order valence-electron chi connectivity index (χ1n) is 9.52. The first kappa shape index (κ1) is 23.9. The van der Waals surface area contributed by atoms with Crippen LogP contribution in [0.1, 0.15) is 82.6 Å². The van der Waals surface area contributed by atoms with E-state index < -0.39 is 11.0 Å². The quantitative estimate of drug-likeness (QED) is 0.558. The van der Waals surface area contributed by atoms with E-state index in [1.54, 1.807) is 0 Å². The highest BCUT2D eigenvalue weighted by molar-refractivity contribution is 5.78. The second-order valence-electron chi connectivity index (χ2n) is 9.72. The largest absolute Gasteiger partial charge is 0.461 e. The van der Waals surface area contributed by atoms with E-state index in [9.17, 15) is 9.59 Å². The lowest BCUT2D eigenvalue weighted by molar-refractivity contribution is -0.171. The lowest BCUT2D eigenvalue weighted by Crippen LogP contribution is -2.42. The molecule has 0 aliphatic rings. The number of hydrogen-bond acceptors (Lipinski definition) is 4. The zero-order chi connectivity index (χ0) is 20.2. The summed E-state index contributed by atoms with van der Waals surface area (Å²) in [6.45, 7) is 21.6. The second-order valence-corrected chi connectivity index (χ2v) is 9.72. The Labute approximate surface area is 155 Å². The van der Waals surface area contributed by atoms with E-state index in [1.165, 1.54) is 0 Å². The zero-order valence-corrected chi connectivity index (χ0v) is 18.2. The molecule has 1 atom stereocenters. The molecule has 0 heterocycles. The molecule has 0 aliphatic carbocycles. The van der Waals surface area contributed by atoms with Gasteiger partial charge in [0.2, 0.25) is 0 Å². The molecular formula is C21H40O4. The molecule has 148 valence electrons. The molecule has 0 radical (unpaired) electrons. The van der Waals surface area contributed by atoms with Crippen molar-refractivity contribution in [1.82, 2.24) is 0 Å². The monoisotopic (exact) mass is 356 g/mol. The van der Waals surface area contributed by atoms with Gasteiger partial charge >= 0.3 is 11.9 Å². The van der Waals surface area contributed by atoms with Crippen LogP contribution in [0, 0.1) is 29.1 Å². The summed E-state index contributed by atoms with van der Waals surface area (Å²) in [6.07, 6.45) is 0.0894. The van der Waals surface area contributed by atoms with Gasteiger partial charge in [-0.2, -0.15) is 0 Å². The molecule has 0 unspecified atom stereocenters. The molecule has 0 fully saturated rings. The van der Waals surface area contributed by atoms with Crippen molar-refractivity contribution in [3.63, 3.8) is 0 Å². The van der Waals surface area contributed by atoms with E-state index in [1.807, 2.05) is 48.5 Å². The Balaban J connectivity index is 5.29. The summed E-state index contributed by atoms with van der Waals surface area (Å²) in [5.41, 5.74) is -1.28. The Morgan fingerprint density at radius 2 is 1.24 bits per heavy atom. The van der Waals surface area contributed by atoms with E-state index in [-0.39, 0.29) is 48.1 Å². The summed E-state index contributed by atoms with van der Waals surface area (Å²) in [4.78, 5) is 25.2. The molecule has 0 N–H and O–H groups in total. The molecule has 0 spiro atoms.